The number of amides is 3. The van der Waals surface area contributed by atoms with Gasteiger partial charge in [-0.25, -0.2) is 27.4 Å². The number of rotatable bonds is 21. The van der Waals surface area contributed by atoms with Gasteiger partial charge >= 0.3 is 12.1 Å². The minimum Gasteiger partial charge on any atom is -0.460 e. The third-order valence-electron chi connectivity index (χ3n) is 14.7. The average Bonchev–Trinajstić information content (AvgIpc) is 3.89. The number of pyridine rings is 2. The van der Waals surface area contributed by atoms with Crippen molar-refractivity contribution < 1.29 is 80.8 Å². The highest BCUT2D eigenvalue weighted by molar-refractivity contribution is 7.90. The zero-order valence-electron chi connectivity index (χ0n) is 43.8. The zero-order valence-corrected chi connectivity index (χ0v) is 44.7. The van der Waals surface area contributed by atoms with Crippen LogP contribution in [0.25, 0.3) is 22.3 Å². The number of nitrogens with zero attached hydrogens (tertiary/aromatic N) is 3. The molecule has 4 aliphatic rings. The highest BCUT2D eigenvalue weighted by Crippen LogP contribution is 2.46. The first-order valence-electron chi connectivity index (χ1n) is 25.5. The van der Waals surface area contributed by atoms with Crippen molar-refractivity contribution in [3.05, 3.63) is 85.4 Å². The van der Waals surface area contributed by atoms with Crippen LogP contribution < -0.4 is 32.4 Å². The number of aliphatic hydroxyl groups excluding tert-OH is 4. The molecule has 24 nitrogen and oxygen atoms in total. The fourth-order valence-corrected chi connectivity index (χ4v) is 10.8. The second kappa shape index (κ2) is 23.3. The number of sulfone groups is 1. The number of benzene rings is 2. The second-order valence-corrected chi connectivity index (χ2v) is 22.8. The van der Waals surface area contributed by atoms with Crippen LogP contribution in [0.4, 0.5) is 14.9 Å². The van der Waals surface area contributed by atoms with E-state index in [1.807, 2.05) is 0 Å². The number of hydrogen-bond acceptors (Lipinski definition) is 20. The molecule has 0 radical (unpaired) electrons. The first-order chi connectivity index (χ1) is 36.9. The summed E-state index contributed by atoms with van der Waals surface area (Å²) >= 11 is 0. The van der Waals surface area contributed by atoms with Gasteiger partial charge in [-0.05, 0) is 86.9 Å². The topological polar surface area (TPSA) is 353 Å². The molecule has 424 valence electrons. The molecule has 26 heteroatoms. The van der Waals surface area contributed by atoms with Crippen LogP contribution in [0, 0.1) is 12.7 Å². The Kier molecular flexibility index (Phi) is 17.3. The number of cyclic esters (lactones) is 1. The van der Waals surface area contributed by atoms with Crippen molar-refractivity contribution in [3.8, 4) is 17.1 Å². The molecule has 3 aliphatic heterocycles. The molecule has 1 saturated heterocycles. The van der Waals surface area contributed by atoms with Crippen molar-refractivity contribution >= 4 is 50.3 Å². The summed E-state index contributed by atoms with van der Waals surface area (Å²) in [6.07, 6.45) is -7.31. The van der Waals surface area contributed by atoms with Crippen LogP contribution in [0.1, 0.15) is 97.9 Å². The Balaban J connectivity index is 1.03. The average molecular weight is 1110 g/mol. The molecule has 2 aromatic heterocycles. The molecule has 1 fully saturated rings. The van der Waals surface area contributed by atoms with E-state index in [0.29, 0.717) is 47.3 Å². The first kappa shape index (κ1) is 58.0. The molecule has 78 heavy (non-hydrogen) atoms. The normalized spacial score (nSPS) is 22.5. The molecule has 4 aromatic rings. The van der Waals surface area contributed by atoms with Gasteiger partial charge in [-0.2, -0.15) is 0 Å². The van der Waals surface area contributed by atoms with Gasteiger partial charge in [0, 0.05) is 60.8 Å². The number of aromatic nitrogens is 2. The van der Waals surface area contributed by atoms with Crippen molar-refractivity contribution in [1.29, 1.82) is 0 Å². The largest absolute Gasteiger partial charge is 0.460 e. The number of nitrogens with two attached hydrogens (primary N) is 2. The quantitative estimate of drug-likeness (QED) is 0.0379. The van der Waals surface area contributed by atoms with Gasteiger partial charge in [0.05, 0.1) is 59.4 Å². The summed E-state index contributed by atoms with van der Waals surface area (Å²) in [6, 6.07) is 6.59. The molecular weight excluding hydrogens is 1050 g/mol. The highest BCUT2D eigenvalue weighted by atomic mass is 32.2. The van der Waals surface area contributed by atoms with E-state index in [4.69, 9.17) is 44.9 Å². The third-order valence-corrected chi connectivity index (χ3v) is 15.6. The summed E-state index contributed by atoms with van der Waals surface area (Å²) < 4.78 is 76.3. The Labute approximate surface area is 448 Å². The Morgan fingerprint density at radius 2 is 1.81 bits per heavy atom. The van der Waals surface area contributed by atoms with E-state index in [9.17, 15) is 52.8 Å². The summed E-state index contributed by atoms with van der Waals surface area (Å²) in [6.45, 7) is 3.95. The third kappa shape index (κ3) is 11.9. The van der Waals surface area contributed by atoms with Crippen molar-refractivity contribution in [1.82, 2.24) is 19.8 Å². The molecule has 0 unspecified atom stereocenters. The second-order valence-electron chi connectivity index (χ2n) is 20.5. The molecule has 10 N–H and O–H groups in total. The van der Waals surface area contributed by atoms with E-state index in [1.165, 1.54) is 28.8 Å². The molecule has 1 aliphatic carbocycles. The van der Waals surface area contributed by atoms with Gasteiger partial charge in [-0.3, -0.25) is 19.3 Å². The van der Waals surface area contributed by atoms with Gasteiger partial charge < -0.3 is 75.5 Å². The standard InChI is InChI=1S/C52H66FN7O17S/c1-6-52(31-18-36-43-29(20-60(36)47(67)30(31)23-72-49(52)68)41-33(55)9-8-28-26(2)32(53)19-35(58-43)42(28)41)75-25-59(15-16-78(5,70)71)50(69)73-22-27-7-10-37(76-48-46(66)45(65)44(64)38(21-61)77-48)34(17-27)57-40(63)12-14-56-39(62)11-13-51(3,4)74-24-54/h7,10,17-19,33,38,44-46,48,61,64-66H,6,8-9,11-16,20-25,54-55H2,1-5H3,(H,56,62)(H,57,63)/t33-,38+,44-,45-,46+,48+,52-/m0/s1. The first-order valence-corrected chi connectivity index (χ1v) is 27.6. The Morgan fingerprint density at radius 1 is 1.05 bits per heavy atom. The number of ether oxygens (including phenoxy) is 6. The van der Waals surface area contributed by atoms with E-state index in [-0.39, 0.29) is 73.1 Å². The molecular formula is C52H66FN7O17S. The number of fused-ring (bicyclic) bond motifs is 5. The summed E-state index contributed by atoms with van der Waals surface area (Å²) in [7, 11) is -3.72. The van der Waals surface area contributed by atoms with Gasteiger partial charge in [0.15, 0.2) is 5.60 Å². The van der Waals surface area contributed by atoms with E-state index in [1.54, 1.807) is 33.8 Å². The number of aryl methyl sites for hydroxylation is 1. The fourth-order valence-electron chi connectivity index (χ4n) is 10.2. The van der Waals surface area contributed by atoms with E-state index < -0.39 is 126 Å². The number of hydrogen-bond donors (Lipinski definition) is 8. The monoisotopic (exact) mass is 1110 g/mol. The molecule has 0 bridgehead atoms. The molecule has 3 amide bonds. The Morgan fingerprint density at radius 3 is 2.51 bits per heavy atom. The molecule has 5 heterocycles. The van der Waals surface area contributed by atoms with Crippen molar-refractivity contribution in [2.45, 2.75) is 134 Å². The van der Waals surface area contributed by atoms with E-state index in [0.717, 1.165) is 27.7 Å². The SMILES string of the molecule is CC[C@@]1(OCN(CCS(C)(=O)=O)C(=O)OCc2ccc(O[C@@H]3O[C@H](CO)[C@H](O)[C@H](O)[C@H]3O)c(NC(=O)CCNC(=O)CCC(C)(C)OCN)c2)C(=O)OCc2c1cc1n(c2=O)Cc2c-1nc1cc(F)c(C)c3c1c2[C@@H](N)CC3. The van der Waals surface area contributed by atoms with Crippen molar-refractivity contribution in [3.63, 3.8) is 0 Å². The lowest BCUT2D eigenvalue weighted by Gasteiger charge is -2.39. The summed E-state index contributed by atoms with van der Waals surface area (Å²) in [5.74, 6) is -3.01. The maximum atomic E-state index is 15.3. The lowest BCUT2D eigenvalue weighted by Crippen LogP contribution is -2.60. The molecule has 0 spiro atoms. The fraction of sp³-hybridized carbons (Fsp3) is 0.538. The lowest BCUT2D eigenvalue weighted by atomic mass is 9.82. The molecule has 2 aromatic carbocycles. The Bertz CT molecular complexity index is 3170. The van der Waals surface area contributed by atoms with Crippen LogP contribution in [0.5, 0.6) is 5.75 Å². The predicted octanol–water partition coefficient (Wildman–Crippen LogP) is 1.25. The molecule has 7 atom stereocenters. The zero-order chi connectivity index (χ0) is 56.6. The predicted molar refractivity (Wildman–Crippen MR) is 275 cm³/mol. The van der Waals surface area contributed by atoms with Crippen LogP contribution in [0.3, 0.4) is 0 Å². The van der Waals surface area contributed by atoms with Crippen LogP contribution >= 0.6 is 0 Å². The van der Waals surface area contributed by atoms with Gasteiger partial charge in [0.1, 0.15) is 65.8 Å². The van der Waals surface area contributed by atoms with Gasteiger partial charge in [0.25, 0.3) is 5.56 Å². The van der Waals surface area contributed by atoms with E-state index >= 15 is 4.39 Å². The van der Waals surface area contributed by atoms with E-state index in [2.05, 4.69) is 10.6 Å². The Hall–Kier alpha value is -6.20. The van der Waals surface area contributed by atoms with Gasteiger partial charge in [-0.1, -0.05) is 13.0 Å². The summed E-state index contributed by atoms with van der Waals surface area (Å²) in [5, 5.41) is 47.3. The number of halogens is 1. The summed E-state index contributed by atoms with van der Waals surface area (Å²) in [4.78, 5) is 74.3. The van der Waals surface area contributed by atoms with Gasteiger partial charge in [-0.15, -0.1) is 0 Å². The summed E-state index contributed by atoms with van der Waals surface area (Å²) in [5.41, 5.74) is 13.3. The van der Waals surface area contributed by atoms with Crippen LogP contribution in [-0.2, 0) is 79.7 Å². The van der Waals surface area contributed by atoms with Crippen molar-refractivity contribution in [2.24, 2.45) is 11.5 Å². The lowest BCUT2D eigenvalue weighted by molar-refractivity contribution is -0.277. The van der Waals surface area contributed by atoms with Crippen LogP contribution in [0.15, 0.2) is 35.1 Å². The number of carbonyl (C=O) groups excluding carboxylic acids is 4. The van der Waals surface area contributed by atoms with Gasteiger partial charge in [0.2, 0.25) is 18.1 Å². The number of carbonyl (C=O) groups is 4. The van der Waals surface area contributed by atoms with Crippen LogP contribution in [0.2, 0.25) is 0 Å². The number of esters is 1. The molecule has 8 rings (SSSR count). The minimum atomic E-state index is -3.72. The minimum absolute atomic E-state index is 0.0286. The van der Waals surface area contributed by atoms with Crippen molar-refractivity contribution in [2.75, 3.05) is 50.5 Å². The molecule has 0 saturated carbocycles. The maximum Gasteiger partial charge on any atom is 0.411 e. The van der Waals surface area contributed by atoms with Crippen LogP contribution in [-0.4, -0.2) is 149 Å². The number of anilines is 1. The number of nitrogens with one attached hydrogen (secondary N) is 2. The smallest absolute Gasteiger partial charge is 0.411 e. The number of aliphatic hydroxyl groups is 4. The highest BCUT2D eigenvalue weighted by Gasteiger charge is 2.50. The maximum absolute atomic E-state index is 15.3.